The average molecular weight is 231 g/mol. The summed E-state index contributed by atoms with van der Waals surface area (Å²) in [5.41, 5.74) is 0. The molecule has 0 aromatic carbocycles. The Labute approximate surface area is 80.5 Å². The third-order valence-corrected chi connectivity index (χ3v) is 1.63. The normalized spacial score (nSPS) is 7.92. The van der Waals surface area contributed by atoms with Gasteiger partial charge in [0.05, 0.1) is 0 Å². The molecule has 0 bridgehead atoms. The summed E-state index contributed by atoms with van der Waals surface area (Å²) in [4.78, 5) is 15.1. The molecule has 1 heterocycles. The van der Waals surface area contributed by atoms with Gasteiger partial charge in [0.2, 0.25) is 0 Å². The molecule has 0 radical (unpaired) electrons. The highest BCUT2D eigenvalue weighted by atomic mass is 79.9. The Kier molecular flexibility index (Phi) is 6.28. The SMILES string of the molecule is CN(C)C(=O)Br.c1ccncc1. The van der Waals surface area contributed by atoms with Gasteiger partial charge in [-0.05, 0) is 12.1 Å². The number of hydrogen-bond acceptors (Lipinski definition) is 2. The predicted molar refractivity (Wildman–Crippen MR) is 52.2 cm³/mol. The summed E-state index contributed by atoms with van der Waals surface area (Å²) >= 11 is 2.73. The van der Waals surface area contributed by atoms with E-state index in [4.69, 9.17) is 0 Å². The van der Waals surface area contributed by atoms with Gasteiger partial charge in [0.1, 0.15) is 0 Å². The van der Waals surface area contributed by atoms with E-state index in [9.17, 15) is 4.79 Å². The first-order chi connectivity index (χ1) is 5.64. The van der Waals surface area contributed by atoms with Crippen molar-refractivity contribution in [1.29, 1.82) is 0 Å². The molecule has 4 heteroatoms. The maximum absolute atomic E-state index is 9.99. The summed E-state index contributed by atoms with van der Waals surface area (Å²) in [6, 6.07) is 5.72. The summed E-state index contributed by atoms with van der Waals surface area (Å²) in [5, 5.41) is 0. The molecule has 1 aromatic rings. The Morgan fingerprint density at radius 3 is 1.75 bits per heavy atom. The molecule has 0 fully saturated rings. The molecular weight excluding hydrogens is 220 g/mol. The van der Waals surface area contributed by atoms with Gasteiger partial charge in [-0.1, -0.05) is 6.07 Å². The van der Waals surface area contributed by atoms with Crippen LogP contribution in [0.5, 0.6) is 0 Å². The Hall–Kier alpha value is -0.900. The summed E-state index contributed by atoms with van der Waals surface area (Å²) < 4.78 is 0. The summed E-state index contributed by atoms with van der Waals surface area (Å²) in [6.07, 6.45) is 3.50. The van der Waals surface area contributed by atoms with Crippen LogP contribution >= 0.6 is 15.9 Å². The Morgan fingerprint density at radius 2 is 1.67 bits per heavy atom. The topological polar surface area (TPSA) is 33.2 Å². The molecule has 1 aromatic heterocycles. The van der Waals surface area contributed by atoms with E-state index in [1.165, 1.54) is 4.90 Å². The van der Waals surface area contributed by atoms with Crippen molar-refractivity contribution in [3.05, 3.63) is 30.6 Å². The first kappa shape index (κ1) is 11.1. The second kappa shape index (κ2) is 6.79. The molecule has 0 aliphatic carbocycles. The number of halogens is 1. The molecule has 0 aliphatic rings. The van der Waals surface area contributed by atoms with Crippen molar-refractivity contribution in [2.45, 2.75) is 0 Å². The zero-order chi connectivity index (χ0) is 9.40. The summed E-state index contributed by atoms with van der Waals surface area (Å²) in [5.74, 6) is 0. The number of hydrogen-bond donors (Lipinski definition) is 0. The molecule has 1 rings (SSSR count). The number of amides is 1. The van der Waals surface area contributed by atoms with Crippen LogP contribution in [0.1, 0.15) is 0 Å². The molecule has 0 unspecified atom stereocenters. The lowest BCUT2D eigenvalue weighted by molar-refractivity contribution is 0.242. The predicted octanol–water partition coefficient (Wildman–Crippen LogP) is 2.14. The van der Waals surface area contributed by atoms with Gasteiger partial charge in [0.15, 0.2) is 0 Å². The monoisotopic (exact) mass is 230 g/mol. The van der Waals surface area contributed by atoms with Crippen molar-refractivity contribution in [3.8, 4) is 0 Å². The number of aromatic nitrogens is 1. The Morgan fingerprint density at radius 1 is 1.25 bits per heavy atom. The molecule has 0 saturated carbocycles. The van der Waals surface area contributed by atoms with Gasteiger partial charge in [-0.15, -0.1) is 0 Å². The van der Waals surface area contributed by atoms with Crippen LogP contribution in [-0.2, 0) is 0 Å². The minimum absolute atomic E-state index is 0.0949. The third kappa shape index (κ3) is 7.21. The van der Waals surface area contributed by atoms with Crippen LogP contribution in [-0.4, -0.2) is 28.8 Å². The highest BCUT2D eigenvalue weighted by molar-refractivity contribution is 9.18. The number of pyridine rings is 1. The number of rotatable bonds is 0. The molecule has 0 saturated heterocycles. The van der Waals surface area contributed by atoms with Crippen molar-refractivity contribution in [2.75, 3.05) is 14.1 Å². The van der Waals surface area contributed by atoms with Crippen LogP contribution in [0, 0.1) is 0 Å². The van der Waals surface area contributed by atoms with E-state index in [1.807, 2.05) is 18.2 Å². The van der Waals surface area contributed by atoms with Crippen molar-refractivity contribution < 1.29 is 4.79 Å². The first-order valence-electron chi connectivity index (χ1n) is 3.36. The van der Waals surface area contributed by atoms with Crippen molar-refractivity contribution >= 4 is 20.7 Å². The molecule has 1 amide bonds. The zero-order valence-electron chi connectivity index (χ0n) is 7.07. The largest absolute Gasteiger partial charge is 0.339 e. The molecule has 12 heavy (non-hydrogen) atoms. The van der Waals surface area contributed by atoms with Gasteiger partial charge < -0.3 is 4.90 Å². The maximum atomic E-state index is 9.99. The molecule has 66 valence electrons. The van der Waals surface area contributed by atoms with Gasteiger partial charge in [-0.25, -0.2) is 0 Å². The number of nitrogens with zero attached hydrogens (tertiary/aromatic N) is 2. The van der Waals surface area contributed by atoms with Crippen LogP contribution in [0.2, 0.25) is 0 Å². The molecule has 3 nitrogen and oxygen atoms in total. The zero-order valence-corrected chi connectivity index (χ0v) is 8.65. The smallest absolute Gasteiger partial charge is 0.289 e. The second-order valence-electron chi connectivity index (χ2n) is 2.17. The summed E-state index contributed by atoms with van der Waals surface area (Å²) in [7, 11) is 3.36. The molecule has 0 aliphatic heterocycles. The van der Waals surface area contributed by atoms with E-state index in [0.29, 0.717) is 0 Å². The molecule has 0 spiro atoms. The fraction of sp³-hybridized carbons (Fsp3) is 0.250. The van der Waals surface area contributed by atoms with Gasteiger partial charge in [0, 0.05) is 42.4 Å². The highest BCUT2D eigenvalue weighted by Crippen LogP contribution is 1.87. The fourth-order valence-electron chi connectivity index (χ4n) is 0.313. The standard InChI is InChI=1S/C5H5N.C3H6BrNO/c1-2-4-6-5-3-1;1-5(2)3(4)6/h1-5H;1-2H3. The maximum Gasteiger partial charge on any atom is 0.289 e. The van der Waals surface area contributed by atoms with Crippen molar-refractivity contribution in [3.63, 3.8) is 0 Å². The van der Waals surface area contributed by atoms with Crippen LogP contribution in [0.15, 0.2) is 30.6 Å². The quantitative estimate of drug-likeness (QED) is 0.506. The third-order valence-electron chi connectivity index (χ3n) is 0.918. The van der Waals surface area contributed by atoms with E-state index in [2.05, 4.69) is 20.9 Å². The average Bonchev–Trinajstić information content (AvgIpc) is 2.08. The van der Waals surface area contributed by atoms with Crippen LogP contribution in [0.25, 0.3) is 0 Å². The minimum Gasteiger partial charge on any atom is -0.339 e. The van der Waals surface area contributed by atoms with Crippen LogP contribution < -0.4 is 0 Å². The first-order valence-corrected chi connectivity index (χ1v) is 4.15. The number of carbonyl (C=O) groups is 1. The Bertz CT molecular complexity index is 187. The van der Waals surface area contributed by atoms with Crippen LogP contribution in [0.3, 0.4) is 0 Å². The van der Waals surface area contributed by atoms with Crippen LogP contribution in [0.4, 0.5) is 4.79 Å². The van der Waals surface area contributed by atoms with Gasteiger partial charge in [-0.3, -0.25) is 9.78 Å². The fourth-order valence-corrected chi connectivity index (χ4v) is 0.313. The Balaban J connectivity index is 0.000000202. The van der Waals surface area contributed by atoms with Gasteiger partial charge in [-0.2, -0.15) is 0 Å². The van der Waals surface area contributed by atoms with Gasteiger partial charge in [0.25, 0.3) is 4.82 Å². The summed E-state index contributed by atoms with van der Waals surface area (Å²) in [6.45, 7) is 0. The van der Waals surface area contributed by atoms with E-state index in [-0.39, 0.29) is 4.82 Å². The van der Waals surface area contributed by atoms with E-state index in [0.717, 1.165) is 0 Å². The second-order valence-corrected chi connectivity index (χ2v) is 2.85. The van der Waals surface area contributed by atoms with E-state index < -0.39 is 0 Å². The van der Waals surface area contributed by atoms with Crippen molar-refractivity contribution in [1.82, 2.24) is 9.88 Å². The molecule has 0 N–H and O–H groups in total. The minimum atomic E-state index is -0.0949. The van der Waals surface area contributed by atoms with E-state index in [1.54, 1.807) is 26.5 Å². The number of carbonyl (C=O) groups excluding carboxylic acids is 1. The van der Waals surface area contributed by atoms with Crippen molar-refractivity contribution in [2.24, 2.45) is 0 Å². The highest BCUT2D eigenvalue weighted by Gasteiger charge is 1.90. The van der Waals surface area contributed by atoms with E-state index >= 15 is 0 Å². The lowest BCUT2D eigenvalue weighted by Gasteiger charge is -2.00. The lowest BCUT2D eigenvalue weighted by atomic mass is 10.5. The molecule has 0 atom stereocenters. The lowest BCUT2D eigenvalue weighted by Crippen LogP contribution is -2.12. The van der Waals surface area contributed by atoms with Gasteiger partial charge >= 0.3 is 0 Å². The molecular formula is C8H11BrN2O.